The first-order chi connectivity index (χ1) is 7.91. The highest BCUT2D eigenvalue weighted by molar-refractivity contribution is 5.79. The Kier molecular flexibility index (Phi) is 3.94. The molecule has 1 atom stereocenters. The molecule has 8 heteroatoms. The minimum Gasteiger partial charge on any atom is -0.381 e. The van der Waals surface area contributed by atoms with E-state index in [1.807, 2.05) is 0 Å². The lowest BCUT2D eigenvalue weighted by atomic mass is 10.3. The number of aromatic nitrogens is 1. The summed E-state index contributed by atoms with van der Waals surface area (Å²) in [5.74, 6) is -0.524. The standard InChI is InChI=1S/C9H12N4O4/c1-5-6(13(16)17)2-3-8(12-5)11-4-7(14)9(10)15/h2-3,7,14H,4H2,1H3,(H2,10,15)(H,11,12). The van der Waals surface area contributed by atoms with E-state index in [4.69, 9.17) is 10.8 Å². The van der Waals surface area contributed by atoms with E-state index in [0.717, 1.165) is 0 Å². The number of carbonyl (C=O) groups is 1. The summed E-state index contributed by atoms with van der Waals surface area (Å²) in [7, 11) is 0. The Morgan fingerprint density at radius 3 is 2.82 bits per heavy atom. The first-order valence-electron chi connectivity index (χ1n) is 4.75. The van der Waals surface area contributed by atoms with E-state index in [0.29, 0.717) is 5.82 Å². The lowest BCUT2D eigenvalue weighted by molar-refractivity contribution is -0.385. The van der Waals surface area contributed by atoms with Gasteiger partial charge < -0.3 is 16.2 Å². The van der Waals surface area contributed by atoms with E-state index in [9.17, 15) is 14.9 Å². The summed E-state index contributed by atoms with van der Waals surface area (Å²) in [6.07, 6.45) is -1.33. The molecule has 0 aliphatic rings. The fourth-order valence-corrected chi connectivity index (χ4v) is 1.15. The third-order valence-electron chi connectivity index (χ3n) is 2.06. The van der Waals surface area contributed by atoms with E-state index >= 15 is 0 Å². The van der Waals surface area contributed by atoms with Crippen LogP contribution < -0.4 is 11.1 Å². The highest BCUT2D eigenvalue weighted by Gasteiger charge is 2.13. The molecule has 1 amide bonds. The van der Waals surface area contributed by atoms with Crippen LogP contribution in [0.2, 0.25) is 0 Å². The number of nitro groups is 1. The van der Waals surface area contributed by atoms with Crippen LogP contribution in [0.5, 0.6) is 0 Å². The molecule has 8 nitrogen and oxygen atoms in total. The number of amides is 1. The van der Waals surface area contributed by atoms with Crippen molar-refractivity contribution in [3.63, 3.8) is 0 Å². The van der Waals surface area contributed by atoms with E-state index in [-0.39, 0.29) is 17.9 Å². The number of pyridine rings is 1. The van der Waals surface area contributed by atoms with Crippen molar-refractivity contribution in [2.45, 2.75) is 13.0 Å². The number of nitrogens with two attached hydrogens (primary N) is 1. The fourth-order valence-electron chi connectivity index (χ4n) is 1.15. The third-order valence-corrected chi connectivity index (χ3v) is 2.06. The molecular formula is C9H12N4O4. The van der Waals surface area contributed by atoms with Crippen LogP contribution in [0.3, 0.4) is 0 Å². The quantitative estimate of drug-likeness (QED) is 0.472. The highest BCUT2D eigenvalue weighted by Crippen LogP contribution is 2.17. The van der Waals surface area contributed by atoms with Crippen molar-refractivity contribution in [2.75, 3.05) is 11.9 Å². The number of aliphatic hydroxyl groups is 1. The smallest absolute Gasteiger partial charge is 0.290 e. The molecular weight excluding hydrogens is 228 g/mol. The van der Waals surface area contributed by atoms with Gasteiger partial charge in [-0.25, -0.2) is 4.98 Å². The Morgan fingerprint density at radius 1 is 1.71 bits per heavy atom. The first kappa shape index (κ1) is 12.8. The Hall–Kier alpha value is -2.22. The van der Waals surface area contributed by atoms with Gasteiger partial charge in [-0.1, -0.05) is 0 Å². The maximum Gasteiger partial charge on any atom is 0.290 e. The molecule has 4 N–H and O–H groups in total. The molecule has 0 fully saturated rings. The van der Waals surface area contributed by atoms with Crippen molar-refractivity contribution >= 4 is 17.4 Å². The SMILES string of the molecule is Cc1nc(NCC(O)C(N)=O)ccc1[N+](=O)[O-]. The lowest BCUT2D eigenvalue weighted by Gasteiger charge is -2.09. The highest BCUT2D eigenvalue weighted by atomic mass is 16.6. The van der Waals surface area contributed by atoms with Crippen LogP contribution in [0, 0.1) is 17.0 Å². The molecule has 92 valence electrons. The Morgan fingerprint density at radius 2 is 2.35 bits per heavy atom. The summed E-state index contributed by atoms with van der Waals surface area (Å²) in [6.45, 7) is 1.40. The minimum absolute atomic E-state index is 0.0917. The van der Waals surface area contributed by atoms with Crippen LogP contribution in [-0.4, -0.2) is 33.6 Å². The number of nitrogens with zero attached hydrogens (tertiary/aromatic N) is 2. The molecule has 0 aliphatic heterocycles. The molecule has 0 radical (unpaired) electrons. The van der Waals surface area contributed by atoms with Gasteiger partial charge in [0.05, 0.1) is 11.5 Å². The van der Waals surface area contributed by atoms with Gasteiger partial charge in [-0.05, 0) is 13.0 Å². The zero-order valence-electron chi connectivity index (χ0n) is 9.08. The van der Waals surface area contributed by atoms with Gasteiger partial charge in [0.15, 0.2) is 0 Å². The Balaban J connectivity index is 2.71. The summed E-state index contributed by atoms with van der Waals surface area (Å²) in [6, 6.07) is 2.68. The van der Waals surface area contributed by atoms with E-state index < -0.39 is 16.9 Å². The van der Waals surface area contributed by atoms with Gasteiger partial charge in [-0.3, -0.25) is 14.9 Å². The van der Waals surface area contributed by atoms with Gasteiger partial charge in [0.2, 0.25) is 5.91 Å². The molecule has 1 aromatic rings. The number of hydrogen-bond donors (Lipinski definition) is 3. The predicted molar refractivity (Wildman–Crippen MR) is 59.3 cm³/mol. The molecule has 1 rings (SSSR count). The van der Waals surface area contributed by atoms with Crippen LogP contribution in [0.4, 0.5) is 11.5 Å². The average molecular weight is 240 g/mol. The number of nitrogens with one attached hydrogen (secondary N) is 1. The molecule has 1 unspecified atom stereocenters. The Labute approximate surface area is 96.6 Å². The molecule has 0 spiro atoms. The van der Waals surface area contributed by atoms with Crippen molar-refractivity contribution in [1.29, 1.82) is 0 Å². The molecule has 17 heavy (non-hydrogen) atoms. The van der Waals surface area contributed by atoms with Crippen molar-refractivity contribution in [2.24, 2.45) is 5.73 Å². The van der Waals surface area contributed by atoms with E-state index in [2.05, 4.69) is 10.3 Å². The maximum absolute atomic E-state index is 10.6. The summed E-state index contributed by atoms with van der Waals surface area (Å²) in [4.78, 5) is 24.5. The number of rotatable bonds is 5. The van der Waals surface area contributed by atoms with Crippen LogP contribution in [0.1, 0.15) is 5.69 Å². The number of aryl methyl sites for hydroxylation is 1. The predicted octanol–water partition coefficient (Wildman–Crippen LogP) is -0.444. The Bertz CT molecular complexity index is 449. The summed E-state index contributed by atoms with van der Waals surface area (Å²) in [5, 5.41) is 22.3. The summed E-state index contributed by atoms with van der Waals surface area (Å²) >= 11 is 0. The molecule has 0 aliphatic carbocycles. The van der Waals surface area contributed by atoms with Crippen LogP contribution in [0.15, 0.2) is 12.1 Å². The normalized spacial score (nSPS) is 11.9. The maximum atomic E-state index is 10.6. The monoisotopic (exact) mass is 240 g/mol. The topological polar surface area (TPSA) is 131 Å². The second-order valence-corrected chi connectivity index (χ2v) is 3.36. The van der Waals surface area contributed by atoms with E-state index in [1.165, 1.54) is 19.1 Å². The van der Waals surface area contributed by atoms with Crippen LogP contribution >= 0.6 is 0 Å². The fraction of sp³-hybridized carbons (Fsp3) is 0.333. The number of aliphatic hydroxyl groups excluding tert-OH is 1. The summed E-state index contributed by atoms with van der Waals surface area (Å²) in [5.41, 5.74) is 5.01. The van der Waals surface area contributed by atoms with Gasteiger partial charge in [0.25, 0.3) is 5.69 Å². The van der Waals surface area contributed by atoms with Gasteiger partial charge in [0.1, 0.15) is 17.6 Å². The zero-order valence-corrected chi connectivity index (χ0v) is 9.08. The van der Waals surface area contributed by atoms with E-state index in [1.54, 1.807) is 0 Å². The van der Waals surface area contributed by atoms with Gasteiger partial charge >= 0.3 is 0 Å². The van der Waals surface area contributed by atoms with Crippen molar-refractivity contribution in [3.05, 3.63) is 27.9 Å². The number of primary amides is 1. The van der Waals surface area contributed by atoms with Crippen molar-refractivity contribution in [1.82, 2.24) is 4.98 Å². The molecule has 0 aromatic carbocycles. The lowest BCUT2D eigenvalue weighted by Crippen LogP contribution is -2.34. The average Bonchev–Trinajstić information content (AvgIpc) is 2.25. The number of hydrogen-bond acceptors (Lipinski definition) is 6. The van der Waals surface area contributed by atoms with Crippen molar-refractivity contribution in [3.8, 4) is 0 Å². The molecule has 0 bridgehead atoms. The zero-order chi connectivity index (χ0) is 13.0. The number of anilines is 1. The van der Waals surface area contributed by atoms with Gasteiger partial charge in [0, 0.05) is 6.07 Å². The molecule has 1 heterocycles. The second-order valence-electron chi connectivity index (χ2n) is 3.36. The first-order valence-corrected chi connectivity index (χ1v) is 4.75. The van der Waals surface area contributed by atoms with Crippen LogP contribution in [-0.2, 0) is 4.79 Å². The number of carbonyl (C=O) groups excluding carboxylic acids is 1. The minimum atomic E-state index is -1.33. The largest absolute Gasteiger partial charge is 0.381 e. The molecule has 0 saturated heterocycles. The summed E-state index contributed by atoms with van der Waals surface area (Å²) < 4.78 is 0. The molecule has 1 aromatic heterocycles. The van der Waals surface area contributed by atoms with Gasteiger partial charge in [-0.15, -0.1) is 0 Å². The second kappa shape index (κ2) is 5.21. The van der Waals surface area contributed by atoms with Crippen LogP contribution in [0.25, 0.3) is 0 Å². The molecule has 0 saturated carbocycles. The third kappa shape index (κ3) is 3.38. The van der Waals surface area contributed by atoms with Gasteiger partial charge in [-0.2, -0.15) is 0 Å². The van der Waals surface area contributed by atoms with Crippen molar-refractivity contribution < 1.29 is 14.8 Å².